The summed E-state index contributed by atoms with van der Waals surface area (Å²) in [6, 6.07) is 5.78. The van der Waals surface area contributed by atoms with Crippen LogP contribution < -0.4 is 14.8 Å². The molecule has 2 aliphatic rings. The van der Waals surface area contributed by atoms with Gasteiger partial charge in [-0.3, -0.25) is 4.79 Å². The first kappa shape index (κ1) is 14.6. The molecule has 0 saturated carbocycles. The second kappa shape index (κ2) is 6.24. The van der Waals surface area contributed by atoms with Gasteiger partial charge in [0, 0.05) is 16.8 Å². The normalized spacial score (nSPS) is 15.8. The minimum Gasteiger partial charge on any atom is -0.454 e. The van der Waals surface area contributed by atoms with Crippen LogP contribution in [0, 0.1) is 0 Å². The Morgan fingerprint density at radius 2 is 2.00 bits per heavy atom. The van der Waals surface area contributed by atoms with Gasteiger partial charge in [0.1, 0.15) is 0 Å². The minimum absolute atomic E-state index is 0.0297. The number of ether oxygens (including phenoxy) is 2. The topological polar surface area (TPSA) is 47.6 Å². The molecule has 1 amide bonds. The van der Waals surface area contributed by atoms with Gasteiger partial charge in [-0.05, 0) is 48.9 Å². The van der Waals surface area contributed by atoms with Crippen molar-refractivity contribution >= 4 is 17.2 Å². The van der Waals surface area contributed by atoms with E-state index in [0.29, 0.717) is 6.54 Å². The number of rotatable bonds is 3. The molecule has 0 saturated heterocycles. The molecule has 0 radical (unpaired) electrons. The van der Waals surface area contributed by atoms with Gasteiger partial charge in [-0.1, -0.05) is 12.5 Å². The predicted octanol–water partition coefficient (Wildman–Crippen LogP) is 3.68. The van der Waals surface area contributed by atoms with Crippen molar-refractivity contribution in [2.24, 2.45) is 0 Å². The maximum absolute atomic E-state index is 12.5. The molecular weight excluding hydrogens is 310 g/mol. The number of hydrogen-bond donors (Lipinski definition) is 1. The predicted molar refractivity (Wildman–Crippen MR) is 89.3 cm³/mol. The van der Waals surface area contributed by atoms with Crippen molar-refractivity contribution in [3.63, 3.8) is 0 Å². The molecule has 2 heterocycles. The van der Waals surface area contributed by atoms with Crippen molar-refractivity contribution in [2.75, 3.05) is 6.79 Å². The average molecular weight is 329 g/mol. The van der Waals surface area contributed by atoms with Gasteiger partial charge in [0.15, 0.2) is 11.5 Å². The summed E-state index contributed by atoms with van der Waals surface area (Å²) in [7, 11) is 0. The van der Waals surface area contributed by atoms with Crippen LogP contribution in [-0.4, -0.2) is 12.7 Å². The Balaban J connectivity index is 1.45. The fraction of sp³-hybridized carbons (Fsp3) is 0.389. The van der Waals surface area contributed by atoms with Crippen LogP contribution in [-0.2, 0) is 19.4 Å². The number of amides is 1. The SMILES string of the molecule is O=C(NCc1ccc2c(c1)OCO2)c1csc2c1CCCCC2. The van der Waals surface area contributed by atoms with E-state index in [-0.39, 0.29) is 12.7 Å². The Hall–Kier alpha value is -2.01. The van der Waals surface area contributed by atoms with Gasteiger partial charge in [-0.2, -0.15) is 0 Å². The van der Waals surface area contributed by atoms with Gasteiger partial charge in [0.2, 0.25) is 6.79 Å². The van der Waals surface area contributed by atoms with Gasteiger partial charge in [0.25, 0.3) is 5.91 Å². The molecule has 0 atom stereocenters. The highest BCUT2D eigenvalue weighted by atomic mass is 32.1. The van der Waals surface area contributed by atoms with Crippen LogP contribution in [0.25, 0.3) is 0 Å². The van der Waals surface area contributed by atoms with Crippen LogP contribution in [0.3, 0.4) is 0 Å². The van der Waals surface area contributed by atoms with Gasteiger partial charge < -0.3 is 14.8 Å². The maximum Gasteiger partial charge on any atom is 0.252 e. The second-order valence-electron chi connectivity index (χ2n) is 5.98. The van der Waals surface area contributed by atoms with Crippen LogP contribution in [0.1, 0.15) is 45.6 Å². The molecular formula is C18H19NO3S. The highest BCUT2D eigenvalue weighted by molar-refractivity contribution is 7.10. The molecule has 0 fully saturated rings. The molecule has 1 N–H and O–H groups in total. The van der Waals surface area contributed by atoms with E-state index in [1.54, 1.807) is 11.3 Å². The lowest BCUT2D eigenvalue weighted by molar-refractivity contribution is 0.0950. The molecule has 5 heteroatoms. The average Bonchev–Trinajstić information content (AvgIpc) is 3.13. The van der Waals surface area contributed by atoms with Crippen molar-refractivity contribution in [3.05, 3.63) is 45.1 Å². The smallest absolute Gasteiger partial charge is 0.252 e. The minimum atomic E-state index is 0.0297. The molecule has 2 aromatic rings. The Labute approximate surface area is 139 Å². The fourth-order valence-electron chi connectivity index (χ4n) is 3.19. The third-order valence-corrected chi connectivity index (χ3v) is 5.53. The monoisotopic (exact) mass is 329 g/mol. The van der Waals surface area contributed by atoms with Crippen LogP contribution in [0.2, 0.25) is 0 Å². The number of carbonyl (C=O) groups excluding carboxylic acids is 1. The summed E-state index contributed by atoms with van der Waals surface area (Å²) >= 11 is 1.73. The number of thiophene rings is 1. The summed E-state index contributed by atoms with van der Waals surface area (Å²) in [5.41, 5.74) is 3.16. The molecule has 23 heavy (non-hydrogen) atoms. The molecule has 0 bridgehead atoms. The van der Waals surface area contributed by atoms with Crippen molar-refractivity contribution in [1.82, 2.24) is 5.32 Å². The van der Waals surface area contributed by atoms with Crippen LogP contribution in [0.15, 0.2) is 23.6 Å². The summed E-state index contributed by atoms with van der Waals surface area (Å²) in [5.74, 6) is 1.55. The number of fused-ring (bicyclic) bond motifs is 2. The Morgan fingerprint density at radius 1 is 1.13 bits per heavy atom. The lowest BCUT2D eigenvalue weighted by Gasteiger charge is -2.07. The molecule has 120 valence electrons. The molecule has 4 rings (SSSR count). The lowest BCUT2D eigenvalue weighted by Crippen LogP contribution is -2.23. The van der Waals surface area contributed by atoms with Gasteiger partial charge in [-0.15, -0.1) is 11.3 Å². The van der Waals surface area contributed by atoms with Gasteiger partial charge in [-0.25, -0.2) is 0 Å². The Kier molecular flexibility index (Phi) is 3.95. The first-order valence-corrected chi connectivity index (χ1v) is 8.95. The molecule has 1 aliphatic heterocycles. The Morgan fingerprint density at radius 3 is 2.96 bits per heavy atom. The van der Waals surface area contributed by atoms with Crippen molar-refractivity contribution < 1.29 is 14.3 Å². The fourth-order valence-corrected chi connectivity index (χ4v) is 4.32. The van der Waals surface area contributed by atoms with Crippen LogP contribution >= 0.6 is 11.3 Å². The van der Waals surface area contributed by atoms with E-state index in [2.05, 4.69) is 5.32 Å². The molecule has 1 aliphatic carbocycles. The molecule has 0 unspecified atom stereocenters. The summed E-state index contributed by atoms with van der Waals surface area (Å²) < 4.78 is 10.7. The number of hydrogen-bond acceptors (Lipinski definition) is 4. The van der Waals surface area contributed by atoms with E-state index >= 15 is 0 Å². The quantitative estimate of drug-likeness (QED) is 0.874. The highest BCUT2D eigenvalue weighted by Gasteiger charge is 2.19. The first-order valence-electron chi connectivity index (χ1n) is 8.07. The highest BCUT2D eigenvalue weighted by Crippen LogP contribution is 2.33. The van der Waals surface area contributed by atoms with E-state index in [1.165, 1.54) is 29.7 Å². The third kappa shape index (κ3) is 2.93. The lowest BCUT2D eigenvalue weighted by atomic mass is 10.1. The zero-order valence-corrected chi connectivity index (χ0v) is 13.7. The Bertz CT molecular complexity index is 738. The summed E-state index contributed by atoms with van der Waals surface area (Å²) in [4.78, 5) is 13.9. The van der Waals surface area contributed by atoms with Crippen molar-refractivity contribution in [3.8, 4) is 11.5 Å². The van der Waals surface area contributed by atoms with Crippen LogP contribution in [0.5, 0.6) is 11.5 Å². The summed E-state index contributed by atoms with van der Waals surface area (Å²) in [6.07, 6.45) is 5.85. The van der Waals surface area contributed by atoms with E-state index in [9.17, 15) is 4.79 Å². The third-order valence-electron chi connectivity index (χ3n) is 4.45. The van der Waals surface area contributed by atoms with Gasteiger partial charge in [0.05, 0.1) is 5.56 Å². The number of nitrogens with one attached hydrogen (secondary N) is 1. The van der Waals surface area contributed by atoms with Crippen molar-refractivity contribution in [1.29, 1.82) is 0 Å². The van der Waals surface area contributed by atoms with E-state index < -0.39 is 0 Å². The zero-order valence-electron chi connectivity index (χ0n) is 12.9. The number of aryl methyl sites for hydroxylation is 1. The van der Waals surface area contributed by atoms with Crippen LogP contribution in [0.4, 0.5) is 0 Å². The second-order valence-corrected chi connectivity index (χ2v) is 6.95. The van der Waals surface area contributed by atoms with E-state index in [0.717, 1.165) is 35.5 Å². The maximum atomic E-state index is 12.5. The van der Waals surface area contributed by atoms with Crippen molar-refractivity contribution in [2.45, 2.75) is 38.6 Å². The number of carbonyl (C=O) groups is 1. The molecule has 0 spiro atoms. The zero-order chi connectivity index (χ0) is 15.6. The summed E-state index contributed by atoms with van der Waals surface area (Å²) in [6.45, 7) is 0.770. The number of benzene rings is 1. The molecule has 1 aromatic carbocycles. The molecule has 1 aromatic heterocycles. The first-order chi connectivity index (χ1) is 11.3. The summed E-state index contributed by atoms with van der Waals surface area (Å²) in [5, 5.41) is 5.05. The standard InChI is InChI=1S/C18H19NO3S/c20-18(14-10-23-17-5-3-1-2-4-13(14)17)19-9-12-6-7-15-16(8-12)22-11-21-15/h6-8,10H,1-5,9,11H2,(H,19,20). The molecule has 4 nitrogen and oxygen atoms in total. The van der Waals surface area contributed by atoms with Gasteiger partial charge >= 0.3 is 0 Å². The largest absolute Gasteiger partial charge is 0.454 e. The van der Waals surface area contributed by atoms with E-state index in [4.69, 9.17) is 9.47 Å². The van der Waals surface area contributed by atoms with E-state index in [1.807, 2.05) is 23.6 Å².